The molecule has 0 aromatic heterocycles. The summed E-state index contributed by atoms with van der Waals surface area (Å²) in [6, 6.07) is 4.14. The Morgan fingerprint density at radius 3 is 1.92 bits per heavy atom. The van der Waals surface area contributed by atoms with Crippen LogP contribution in [0.5, 0.6) is 0 Å². The van der Waals surface area contributed by atoms with Crippen molar-refractivity contribution in [3.05, 3.63) is 34.4 Å². The molecule has 1 heterocycles. The van der Waals surface area contributed by atoms with Crippen molar-refractivity contribution in [2.24, 2.45) is 5.41 Å². The summed E-state index contributed by atoms with van der Waals surface area (Å²) in [6.45, 7) is 15.3. The van der Waals surface area contributed by atoms with Gasteiger partial charge in [-0.05, 0) is 31.9 Å². The molecular formula is C20H30N2O2. The van der Waals surface area contributed by atoms with Crippen LogP contribution in [0, 0.1) is 26.2 Å². The number of benzene rings is 1. The van der Waals surface area contributed by atoms with Gasteiger partial charge in [-0.3, -0.25) is 14.5 Å². The molecule has 24 heavy (non-hydrogen) atoms. The molecule has 1 amide bonds. The van der Waals surface area contributed by atoms with E-state index in [4.69, 9.17) is 0 Å². The molecule has 0 radical (unpaired) electrons. The van der Waals surface area contributed by atoms with Gasteiger partial charge in [-0.1, -0.05) is 38.5 Å². The second kappa shape index (κ2) is 7.06. The lowest BCUT2D eigenvalue weighted by Crippen LogP contribution is -2.52. The molecule has 0 spiro atoms. The number of piperazine rings is 1. The van der Waals surface area contributed by atoms with Crippen LogP contribution in [-0.4, -0.2) is 54.2 Å². The van der Waals surface area contributed by atoms with Gasteiger partial charge in [-0.2, -0.15) is 0 Å². The van der Waals surface area contributed by atoms with E-state index in [1.165, 1.54) is 5.56 Å². The first-order valence-corrected chi connectivity index (χ1v) is 8.72. The zero-order valence-corrected chi connectivity index (χ0v) is 15.9. The van der Waals surface area contributed by atoms with Gasteiger partial charge in [0.05, 0.1) is 6.54 Å². The third kappa shape index (κ3) is 4.23. The van der Waals surface area contributed by atoms with E-state index in [1.54, 1.807) is 0 Å². The summed E-state index contributed by atoms with van der Waals surface area (Å²) in [4.78, 5) is 29.1. The molecule has 0 aliphatic carbocycles. The lowest BCUT2D eigenvalue weighted by atomic mass is 9.94. The number of carbonyl (C=O) groups is 2. The molecule has 0 bridgehead atoms. The standard InChI is InChI=1S/C20H30N2O2/c1-14-11-15(2)18(16(3)12-14)17(23)13-21-7-9-22(10-8-21)19(24)20(4,5)6/h11-12H,7-10,13H2,1-6H3. The largest absolute Gasteiger partial charge is 0.340 e. The smallest absolute Gasteiger partial charge is 0.228 e. The highest BCUT2D eigenvalue weighted by Gasteiger charge is 2.30. The van der Waals surface area contributed by atoms with Crippen LogP contribution in [-0.2, 0) is 4.79 Å². The maximum Gasteiger partial charge on any atom is 0.228 e. The van der Waals surface area contributed by atoms with Crippen LogP contribution in [0.15, 0.2) is 12.1 Å². The summed E-state index contributed by atoms with van der Waals surface area (Å²) in [5.41, 5.74) is 3.82. The SMILES string of the molecule is Cc1cc(C)c(C(=O)CN2CCN(C(=O)C(C)(C)C)CC2)c(C)c1. The number of aryl methyl sites for hydroxylation is 3. The van der Waals surface area contributed by atoms with Crippen molar-refractivity contribution >= 4 is 11.7 Å². The first-order valence-electron chi connectivity index (χ1n) is 8.72. The second-order valence-corrected chi connectivity index (χ2v) is 8.02. The summed E-state index contributed by atoms with van der Waals surface area (Å²) in [5, 5.41) is 0. The highest BCUT2D eigenvalue weighted by Crippen LogP contribution is 2.20. The Balaban J connectivity index is 1.97. The molecule has 1 aromatic carbocycles. The fourth-order valence-electron chi connectivity index (χ4n) is 3.49. The predicted molar refractivity (Wildman–Crippen MR) is 97.5 cm³/mol. The Hall–Kier alpha value is -1.68. The number of rotatable bonds is 3. The molecule has 0 atom stereocenters. The molecule has 1 aliphatic rings. The van der Waals surface area contributed by atoms with Crippen molar-refractivity contribution in [3.8, 4) is 0 Å². The van der Waals surface area contributed by atoms with E-state index in [0.29, 0.717) is 19.6 Å². The van der Waals surface area contributed by atoms with E-state index in [-0.39, 0.29) is 17.1 Å². The van der Waals surface area contributed by atoms with Gasteiger partial charge in [0.1, 0.15) is 0 Å². The van der Waals surface area contributed by atoms with Crippen LogP contribution < -0.4 is 0 Å². The minimum Gasteiger partial charge on any atom is -0.340 e. The molecule has 1 fully saturated rings. The van der Waals surface area contributed by atoms with E-state index < -0.39 is 0 Å². The molecule has 132 valence electrons. The fourth-order valence-corrected chi connectivity index (χ4v) is 3.49. The normalized spacial score (nSPS) is 16.3. The van der Waals surface area contributed by atoms with Crippen LogP contribution >= 0.6 is 0 Å². The number of carbonyl (C=O) groups excluding carboxylic acids is 2. The van der Waals surface area contributed by atoms with Crippen LogP contribution in [0.1, 0.15) is 47.8 Å². The van der Waals surface area contributed by atoms with Gasteiger partial charge in [0, 0.05) is 37.2 Å². The van der Waals surface area contributed by atoms with E-state index in [2.05, 4.69) is 24.0 Å². The Bertz CT molecular complexity index is 613. The zero-order chi connectivity index (χ0) is 18.1. The number of amides is 1. The minimum absolute atomic E-state index is 0.181. The van der Waals surface area contributed by atoms with Gasteiger partial charge in [-0.25, -0.2) is 0 Å². The third-order valence-electron chi connectivity index (χ3n) is 4.62. The van der Waals surface area contributed by atoms with Crippen LogP contribution in [0.25, 0.3) is 0 Å². The van der Waals surface area contributed by atoms with Gasteiger partial charge in [0.25, 0.3) is 0 Å². The fraction of sp³-hybridized carbons (Fsp3) is 0.600. The quantitative estimate of drug-likeness (QED) is 0.800. The van der Waals surface area contributed by atoms with Crippen molar-refractivity contribution in [3.63, 3.8) is 0 Å². The molecular weight excluding hydrogens is 300 g/mol. The summed E-state index contributed by atoms with van der Waals surface area (Å²) in [6.07, 6.45) is 0. The van der Waals surface area contributed by atoms with Crippen molar-refractivity contribution in [1.82, 2.24) is 9.80 Å². The molecule has 2 rings (SSSR count). The van der Waals surface area contributed by atoms with E-state index in [1.807, 2.05) is 39.5 Å². The Kier molecular flexibility index (Phi) is 5.49. The first kappa shape index (κ1) is 18.7. The lowest BCUT2D eigenvalue weighted by Gasteiger charge is -2.37. The molecule has 4 nitrogen and oxygen atoms in total. The summed E-state index contributed by atoms with van der Waals surface area (Å²) < 4.78 is 0. The molecule has 4 heteroatoms. The second-order valence-electron chi connectivity index (χ2n) is 8.02. The van der Waals surface area contributed by atoms with Crippen molar-refractivity contribution in [2.75, 3.05) is 32.7 Å². The van der Waals surface area contributed by atoms with Crippen LogP contribution in [0.3, 0.4) is 0 Å². The zero-order valence-electron chi connectivity index (χ0n) is 15.9. The van der Waals surface area contributed by atoms with Gasteiger partial charge >= 0.3 is 0 Å². The topological polar surface area (TPSA) is 40.6 Å². The molecule has 0 saturated carbocycles. The Morgan fingerprint density at radius 2 is 1.46 bits per heavy atom. The molecule has 0 N–H and O–H groups in total. The summed E-state index contributed by atoms with van der Waals surface area (Å²) in [7, 11) is 0. The number of ketones is 1. The van der Waals surface area contributed by atoms with Crippen molar-refractivity contribution < 1.29 is 9.59 Å². The number of Topliss-reactive ketones (excluding diaryl/α,β-unsaturated/α-hetero) is 1. The number of hydrogen-bond acceptors (Lipinski definition) is 3. The molecule has 1 aromatic rings. The maximum absolute atomic E-state index is 12.7. The van der Waals surface area contributed by atoms with E-state index in [9.17, 15) is 9.59 Å². The summed E-state index contributed by atoms with van der Waals surface area (Å²) >= 11 is 0. The van der Waals surface area contributed by atoms with Crippen molar-refractivity contribution in [1.29, 1.82) is 0 Å². The minimum atomic E-state index is -0.339. The summed E-state index contributed by atoms with van der Waals surface area (Å²) in [5.74, 6) is 0.374. The maximum atomic E-state index is 12.7. The van der Waals surface area contributed by atoms with Crippen LogP contribution in [0.4, 0.5) is 0 Å². The first-order chi connectivity index (χ1) is 11.1. The van der Waals surface area contributed by atoms with Gasteiger partial charge in [0.2, 0.25) is 5.91 Å². The Labute approximate surface area is 145 Å². The number of hydrogen-bond donors (Lipinski definition) is 0. The molecule has 0 unspecified atom stereocenters. The average Bonchev–Trinajstić information content (AvgIpc) is 2.45. The lowest BCUT2D eigenvalue weighted by molar-refractivity contribution is -0.141. The van der Waals surface area contributed by atoms with Crippen LogP contribution in [0.2, 0.25) is 0 Å². The van der Waals surface area contributed by atoms with Gasteiger partial charge < -0.3 is 4.90 Å². The molecule has 1 aliphatic heterocycles. The molecule has 1 saturated heterocycles. The van der Waals surface area contributed by atoms with E-state index >= 15 is 0 Å². The number of nitrogens with zero attached hydrogens (tertiary/aromatic N) is 2. The predicted octanol–water partition coefficient (Wildman–Crippen LogP) is 2.98. The average molecular weight is 330 g/mol. The highest BCUT2D eigenvalue weighted by atomic mass is 16.2. The van der Waals surface area contributed by atoms with Gasteiger partial charge in [-0.15, -0.1) is 0 Å². The third-order valence-corrected chi connectivity index (χ3v) is 4.62. The highest BCUT2D eigenvalue weighted by molar-refractivity contribution is 6.00. The van der Waals surface area contributed by atoms with Crippen molar-refractivity contribution in [2.45, 2.75) is 41.5 Å². The van der Waals surface area contributed by atoms with E-state index in [0.717, 1.165) is 29.8 Å². The van der Waals surface area contributed by atoms with Gasteiger partial charge in [0.15, 0.2) is 5.78 Å². The monoisotopic (exact) mass is 330 g/mol. The Morgan fingerprint density at radius 1 is 0.958 bits per heavy atom.